The molecule has 0 radical (unpaired) electrons. The van der Waals surface area contributed by atoms with E-state index >= 15 is 0 Å². The minimum absolute atomic E-state index is 0.266. The van der Waals surface area contributed by atoms with Gasteiger partial charge < -0.3 is 5.32 Å². The molecule has 19 heavy (non-hydrogen) atoms. The lowest BCUT2D eigenvalue weighted by atomic mass is 9.86. The van der Waals surface area contributed by atoms with Crippen molar-refractivity contribution >= 4 is 11.3 Å². The Labute approximate surface area is 121 Å². The molecule has 1 aromatic heterocycles. The van der Waals surface area contributed by atoms with E-state index in [0.717, 1.165) is 0 Å². The Morgan fingerprint density at radius 2 is 2.11 bits per heavy atom. The Morgan fingerprint density at radius 3 is 2.79 bits per heavy atom. The second-order valence-corrected chi connectivity index (χ2v) is 7.75. The van der Waals surface area contributed by atoms with Gasteiger partial charge in [-0.15, -0.1) is 0 Å². The number of nitrogens with zero attached hydrogens (tertiary/aromatic N) is 1. The molecule has 1 aromatic rings. The number of rotatable bonds is 3. The first-order valence-electron chi connectivity index (χ1n) is 7.61. The van der Waals surface area contributed by atoms with E-state index in [4.69, 9.17) is 0 Å². The molecule has 2 aliphatic rings. The fraction of sp³-hybridized carbons (Fsp3) is 0.750. The van der Waals surface area contributed by atoms with Gasteiger partial charge in [0.25, 0.3) is 0 Å². The van der Waals surface area contributed by atoms with E-state index < -0.39 is 0 Å². The van der Waals surface area contributed by atoms with Crippen molar-refractivity contribution in [3.63, 3.8) is 0 Å². The molecule has 3 rings (SSSR count). The summed E-state index contributed by atoms with van der Waals surface area (Å²) in [5.74, 6) is 0. The van der Waals surface area contributed by atoms with Gasteiger partial charge in [-0.3, -0.25) is 4.90 Å². The number of piperazine rings is 1. The Balaban J connectivity index is 1.70. The molecular formula is C16H26N2S. The van der Waals surface area contributed by atoms with Gasteiger partial charge >= 0.3 is 0 Å². The van der Waals surface area contributed by atoms with Crippen molar-refractivity contribution in [2.45, 2.75) is 57.0 Å². The Kier molecular flexibility index (Phi) is 3.71. The SMILES string of the molecule is CC1(C)CN(CCc2ccsc2)C2(CCCC2)CN1. The second kappa shape index (κ2) is 5.19. The second-order valence-electron chi connectivity index (χ2n) is 6.97. The van der Waals surface area contributed by atoms with Crippen LogP contribution in [0.25, 0.3) is 0 Å². The molecule has 2 fully saturated rings. The molecule has 0 atom stereocenters. The zero-order chi connectivity index (χ0) is 13.3. The lowest BCUT2D eigenvalue weighted by Crippen LogP contribution is -2.67. The summed E-state index contributed by atoms with van der Waals surface area (Å²) >= 11 is 1.82. The molecule has 0 unspecified atom stereocenters. The van der Waals surface area contributed by atoms with Gasteiger partial charge in [0.1, 0.15) is 0 Å². The van der Waals surface area contributed by atoms with E-state index in [1.165, 1.54) is 57.3 Å². The van der Waals surface area contributed by atoms with Crippen LogP contribution in [0.1, 0.15) is 45.1 Å². The summed E-state index contributed by atoms with van der Waals surface area (Å²) in [6.45, 7) is 8.28. The highest BCUT2D eigenvalue weighted by molar-refractivity contribution is 7.07. The molecule has 1 aliphatic carbocycles. The van der Waals surface area contributed by atoms with Crippen molar-refractivity contribution in [2.75, 3.05) is 19.6 Å². The van der Waals surface area contributed by atoms with Crippen LogP contribution in [0.2, 0.25) is 0 Å². The highest BCUT2D eigenvalue weighted by Gasteiger charge is 2.45. The minimum Gasteiger partial charge on any atom is -0.309 e. The highest BCUT2D eigenvalue weighted by atomic mass is 32.1. The lowest BCUT2D eigenvalue weighted by Gasteiger charge is -2.51. The average Bonchev–Trinajstić information content (AvgIpc) is 3.03. The van der Waals surface area contributed by atoms with Crippen LogP contribution < -0.4 is 5.32 Å². The van der Waals surface area contributed by atoms with Crippen molar-refractivity contribution in [1.29, 1.82) is 0 Å². The predicted octanol–water partition coefficient (Wildman–Crippen LogP) is 3.29. The van der Waals surface area contributed by atoms with Crippen molar-refractivity contribution in [3.8, 4) is 0 Å². The maximum absolute atomic E-state index is 3.77. The number of hydrogen-bond acceptors (Lipinski definition) is 3. The third-order valence-electron chi connectivity index (χ3n) is 4.94. The quantitative estimate of drug-likeness (QED) is 0.913. The third kappa shape index (κ3) is 2.88. The summed E-state index contributed by atoms with van der Waals surface area (Å²) in [6, 6.07) is 2.28. The molecular weight excluding hydrogens is 252 g/mol. The summed E-state index contributed by atoms with van der Waals surface area (Å²) in [7, 11) is 0. The molecule has 0 aromatic carbocycles. The van der Waals surface area contributed by atoms with Crippen LogP contribution in [0.5, 0.6) is 0 Å². The topological polar surface area (TPSA) is 15.3 Å². The number of thiophene rings is 1. The van der Waals surface area contributed by atoms with Crippen molar-refractivity contribution in [3.05, 3.63) is 22.4 Å². The smallest absolute Gasteiger partial charge is 0.0335 e. The van der Waals surface area contributed by atoms with Gasteiger partial charge in [0.15, 0.2) is 0 Å². The minimum atomic E-state index is 0.266. The lowest BCUT2D eigenvalue weighted by molar-refractivity contribution is 0.0199. The van der Waals surface area contributed by atoms with Gasteiger partial charge in [-0.2, -0.15) is 11.3 Å². The molecule has 3 heteroatoms. The van der Waals surface area contributed by atoms with E-state index in [9.17, 15) is 0 Å². The summed E-state index contributed by atoms with van der Waals surface area (Å²) in [4.78, 5) is 2.80. The first-order chi connectivity index (χ1) is 9.10. The number of hydrogen-bond donors (Lipinski definition) is 1. The first kappa shape index (κ1) is 13.6. The number of nitrogens with one attached hydrogen (secondary N) is 1. The van der Waals surface area contributed by atoms with Crippen molar-refractivity contribution in [1.82, 2.24) is 10.2 Å². The van der Waals surface area contributed by atoms with Crippen LogP contribution in [0.15, 0.2) is 16.8 Å². The summed E-state index contributed by atoms with van der Waals surface area (Å²) in [5, 5.41) is 8.27. The zero-order valence-corrected chi connectivity index (χ0v) is 13.1. The van der Waals surface area contributed by atoms with Gasteiger partial charge in [-0.25, -0.2) is 0 Å². The van der Waals surface area contributed by atoms with Crippen LogP contribution in [0.4, 0.5) is 0 Å². The average molecular weight is 278 g/mol. The summed E-state index contributed by atoms with van der Waals surface area (Å²) in [6.07, 6.45) is 6.81. The molecule has 1 aliphatic heterocycles. The van der Waals surface area contributed by atoms with Crippen molar-refractivity contribution < 1.29 is 0 Å². The fourth-order valence-corrected chi connectivity index (χ4v) is 4.46. The fourth-order valence-electron chi connectivity index (χ4n) is 3.76. The summed E-state index contributed by atoms with van der Waals surface area (Å²) < 4.78 is 0. The normalized spacial score (nSPS) is 26.0. The molecule has 0 amide bonds. The van der Waals surface area contributed by atoms with Crippen LogP contribution in [-0.4, -0.2) is 35.6 Å². The van der Waals surface area contributed by atoms with Crippen LogP contribution in [0, 0.1) is 0 Å². The molecule has 2 nitrogen and oxygen atoms in total. The summed E-state index contributed by atoms with van der Waals surface area (Å²) in [5.41, 5.74) is 2.24. The standard InChI is InChI=1S/C16H26N2S/c1-15(2)13-18(9-5-14-6-10-19-11-14)16(12-17-15)7-3-4-8-16/h6,10-11,17H,3-5,7-9,12-13H2,1-2H3. The Morgan fingerprint density at radius 1 is 1.32 bits per heavy atom. The monoisotopic (exact) mass is 278 g/mol. The largest absolute Gasteiger partial charge is 0.309 e. The van der Waals surface area contributed by atoms with Gasteiger partial charge in [0.2, 0.25) is 0 Å². The van der Waals surface area contributed by atoms with E-state index in [1.807, 2.05) is 11.3 Å². The van der Waals surface area contributed by atoms with E-state index in [2.05, 4.69) is 40.9 Å². The third-order valence-corrected chi connectivity index (χ3v) is 5.67. The molecule has 1 spiro atoms. The molecule has 2 heterocycles. The molecule has 0 bridgehead atoms. The van der Waals surface area contributed by atoms with Crippen LogP contribution in [-0.2, 0) is 6.42 Å². The van der Waals surface area contributed by atoms with Gasteiger partial charge in [-0.1, -0.05) is 12.8 Å². The molecule has 1 saturated heterocycles. The van der Waals surface area contributed by atoms with E-state index in [-0.39, 0.29) is 5.54 Å². The van der Waals surface area contributed by atoms with Gasteiger partial charge in [-0.05, 0) is 55.5 Å². The van der Waals surface area contributed by atoms with Crippen LogP contribution in [0.3, 0.4) is 0 Å². The Bertz CT molecular complexity index is 404. The maximum atomic E-state index is 3.77. The van der Waals surface area contributed by atoms with E-state index in [0.29, 0.717) is 5.54 Å². The zero-order valence-electron chi connectivity index (χ0n) is 12.2. The first-order valence-corrected chi connectivity index (χ1v) is 8.55. The van der Waals surface area contributed by atoms with Gasteiger partial charge in [0, 0.05) is 30.7 Å². The highest BCUT2D eigenvalue weighted by Crippen LogP contribution is 2.38. The van der Waals surface area contributed by atoms with Crippen molar-refractivity contribution in [2.24, 2.45) is 0 Å². The van der Waals surface area contributed by atoms with E-state index in [1.54, 1.807) is 0 Å². The predicted molar refractivity (Wildman–Crippen MR) is 82.9 cm³/mol. The maximum Gasteiger partial charge on any atom is 0.0335 e. The molecule has 106 valence electrons. The Hall–Kier alpha value is -0.380. The molecule has 1 saturated carbocycles. The molecule has 1 N–H and O–H groups in total. The van der Waals surface area contributed by atoms with Gasteiger partial charge in [0.05, 0.1) is 0 Å². The van der Waals surface area contributed by atoms with Crippen LogP contribution >= 0.6 is 11.3 Å².